The third-order valence-electron chi connectivity index (χ3n) is 2.68. The van der Waals surface area contributed by atoms with Crippen LogP contribution in [0.25, 0.3) is 0 Å². The summed E-state index contributed by atoms with van der Waals surface area (Å²) in [5.74, 6) is -0.889. The lowest BCUT2D eigenvalue weighted by molar-refractivity contribution is -0.137. The van der Waals surface area contributed by atoms with E-state index in [4.69, 9.17) is 5.11 Å². The van der Waals surface area contributed by atoms with Gasteiger partial charge in [0, 0.05) is 18.6 Å². The molecule has 5 heteroatoms. The number of nitrogens with one attached hydrogen (secondary N) is 1. The van der Waals surface area contributed by atoms with E-state index >= 15 is 0 Å². The van der Waals surface area contributed by atoms with Gasteiger partial charge in [0.15, 0.2) is 0 Å². The number of carbonyl (C=O) groups is 2. The lowest BCUT2D eigenvalue weighted by atomic mass is 9.82. The Hall–Kier alpha value is -1.26. The second kappa shape index (κ2) is 6.78. The van der Waals surface area contributed by atoms with Gasteiger partial charge in [-0.15, -0.1) is 0 Å². The third kappa shape index (κ3) is 8.46. The number of carbonyl (C=O) groups excluding carboxylic acids is 1. The lowest BCUT2D eigenvalue weighted by Gasteiger charge is -2.35. The van der Waals surface area contributed by atoms with Gasteiger partial charge in [-0.3, -0.25) is 4.79 Å². The molecule has 0 bridgehead atoms. The number of aliphatic carboxylic acids is 1. The first-order valence-corrected chi connectivity index (χ1v) is 6.76. The molecule has 0 aromatic heterocycles. The molecule has 0 saturated carbocycles. The number of nitrogens with zero attached hydrogens (tertiary/aromatic N) is 1. The van der Waals surface area contributed by atoms with Gasteiger partial charge in [0.1, 0.15) is 0 Å². The number of urea groups is 1. The van der Waals surface area contributed by atoms with E-state index in [-0.39, 0.29) is 30.0 Å². The molecule has 0 aromatic rings. The van der Waals surface area contributed by atoms with Crippen LogP contribution in [0.2, 0.25) is 0 Å². The summed E-state index contributed by atoms with van der Waals surface area (Å²) < 4.78 is 0. The summed E-state index contributed by atoms with van der Waals surface area (Å²) in [5, 5.41) is 11.6. The first-order valence-electron chi connectivity index (χ1n) is 6.76. The van der Waals surface area contributed by atoms with E-state index in [1.807, 2.05) is 20.8 Å². The van der Waals surface area contributed by atoms with Gasteiger partial charge in [-0.2, -0.15) is 0 Å². The summed E-state index contributed by atoms with van der Waals surface area (Å²) in [4.78, 5) is 24.2. The van der Waals surface area contributed by atoms with E-state index in [1.54, 1.807) is 0 Å². The van der Waals surface area contributed by atoms with E-state index < -0.39 is 5.97 Å². The van der Waals surface area contributed by atoms with Crippen LogP contribution in [0, 0.1) is 5.41 Å². The zero-order chi connectivity index (χ0) is 15.3. The van der Waals surface area contributed by atoms with Crippen LogP contribution in [0.5, 0.6) is 0 Å². The van der Waals surface area contributed by atoms with E-state index in [2.05, 4.69) is 26.1 Å². The molecule has 0 atom stereocenters. The van der Waals surface area contributed by atoms with Crippen molar-refractivity contribution < 1.29 is 14.7 Å². The van der Waals surface area contributed by atoms with E-state index in [1.165, 1.54) is 4.90 Å². The minimum Gasteiger partial charge on any atom is -0.481 e. The third-order valence-corrected chi connectivity index (χ3v) is 2.68. The number of rotatable bonds is 6. The molecule has 5 nitrogen and oxygen atoms in total. The summed E-state index contributed by atoms with van der Waals surface area (Å²) in [6, 6.07) is -0.196. The van der Waals surface area contributed by atoms with Crippen molar-refractivity contribution in [1.29, 1.82) is 0 Å². The zero-order valence-corrected chi connectivity index (χ0v) is 13.0. The van der Waals surface area contributed by atoms with Gasteiger partial charge in [0.25, 0.3) is 0 Å². The quantitative estimate of drug-likeness (QED) is 0.781. The maximum atomic E-state index is 12.1. The summed E-state index contributed by atoms with van der Waals surface area (Å²) in [7, 11) is 0. The number of hydrogen-bond donors (Lipinski definition) is 2. The highest BCUT2D eigenvalue weighted by Crippen LogP contribution is 2.26. The highest BCUT2D eigenvalue weighted by Gasteiger charge is 2.28. The second-order valence-electron chi connectivity index (χ2n) is 6.77. The Bertz CT molecular complexity index is 319. The molecule has 0 radical (unpaired) electrons. The van der Waals surface area contributed by atoms with Crippen LogP contribution in [0.15, 0.2) is 0 Å². The topological polar surface area (TPSA) is 69.6 Å². The van der Waals surface area contributed by atoms with Crippen molar-refractivity contribution in [2.75, 3.05) is 13.1 Å². The fourth-order valence-electron chi connectivity index (χ4n) is 2.37. The summed E-state index contributed by atoms with van der Waals surface area (Å²) in [6.07, 6.45) is 0.823. The maximum absolute atomic E-state index is 12.1. The average molecular weight is 272 g/mol. The molecular weight excluding hydrogens is 244 g/mol. The van der Waals surface area contributed by atoms with Crippen molar-refractivity contribution in [2.45, 2.75) is 59.9 Å². The molecule has 19 heavy (non-hydrogen) atoms. The number of amides is 2. The van der Waals surface area contributed by atoms with Crippen molar-refractivity contribution in [1.82, 2.24) is 10.2 Å². The molecule has 0 saturated heterocycles. The van der Waals surface area contributed by atoms with Gasteiger partial charge in [-0.1, -0.05) is 20.8 Å². The molecule has 0 unspecified atom stereocenters. The monoisotopic (exact) mass is 272 g/mol. The van der Waals surface area contributed by atoms with Crippen LogP contribution in [-0.2, 0) is 4.79 Å². The smallest absolute Gasteiger partial charge is 0.317 e. The molecule has 0 aromatic carbocycles. The zero-order valence-electron chi connectivity index (χ0n) is 13.0. The van der Waals surface area contributed by atoms with Gasteiger partial charge in [0.2, 0.25) is 0 Å². The molecule has 112 valence electrons. The Morgan fingerprint density at radius 2 is 1.68 bits per heavy atom. The largest absolute Gasteiger partial charge is 0.481 e. The molecule has 2 amide bonds. The van der Waals surface area contributed by atoms with Crippen LogP contribution in [0.4, 0.5) is 4.79 Å². The lowest BCUT2D eigenvalue weighted by Crippen LogP contribution is -2.51. The molecule has 0 spiro atoms. The summed E-state index contributed by atoms with van der Waals surface area (Å²) in [6.45, 7) is 12.9. The standard InChI is InChI=1S/C14H28N2O3/c1-7-16(9-8-11(17)18)12(19)15-14(5,6)10-13(2,3)4/h7-10H2,1-6H3,(H,15,19)(H,17,18). The van der Waals surface area contributed by atoms with Gasteiger partial charge in [0.05, 0.1) is 6.42 Å². The minimum atomic E-state index is -0.889. The first kappa shape index (κ1) is 17.7. The molecule has 0 heterocycles. The van der Waals surface area contributed by atoms with Crippen molar-refractivity contribution in [3.63, 3.8) is 0 Å². The van der Waals surface area contributed by atoms with E-state index in [0.29, 0.717) is 6.54 Å². The Morgan fingerprint density at radius 3 is 2.05 bits per heavy atom. The van der Waals surface area contributed by atoms with Crippen LogP contribution < -0.4 is 5.32 Å². The number of hydrogen-bond acceptors (Lipinski definition) is 2. The Kier molecular flexibility index (Phi) is 6.33. The molecule has 0 aliphatic rings. The number of carboxylic acid groups (broad SMARTS) is 1. The minimum absolute atomic E-state index is 0.0268. The molecule has 0 fully saturated rings. The Labute approximate surface area is 116 Å². The van der Waals surface area contributed by atoms with Crippen molar-refractivity contribution in [2.24, 2.45) is 5.41 Å². The highest BCUT2D eigenvalue weighted by atomic mass is 16.4. The molecule has 0 aliphatic carbocycles. The Balaban J connectivity index is 4.50. The molecule has 0 rings (SSSR count). The predicted molar refractivity (Wildman–Crippen MR) is 76.2 cm³/mol. The normalized spacial score (nSPS) is 12.1. The Morgan fingerprint density at radius 1 is 1.16 bits per heavy atom. The second-order valence-corrected chi connectivity index (χ2v) is 6.77. The van der Waals surface area contributed by atoms with E-state index in [9.17, 15) is 9.59 Å². The fourth-order valence-corrected chi connectivity index (χ4v) is 2.37. The molecular formula is C14H28N2O3. The van der Waals surface area contributed by atoms with Crippen molar-refractivity contribution in [3.8, 4) is 0 Å². The molecule has 2 N–H and O–H groups in total. The van der Waals surface area contributed by atoms with Crippen molar-refractivity contribution in [3.05, 3.63) is 0 Å². The van der Waals surface area contributed by atoms with Crippen molar-refractivity contribution >= 4 is 12.0 Å². The fraction of sp³-hybridized carbons (Fsp3) is 0.857. The highest BCUT2D eigenvalue weighted by molar-refractivity contribution is 5.76. The summed E-state index contributed by atoms with van der Waals surface area (Å²) >= 11 is 0. The van der Waals surface area contributed by atoms with Crippen LogP contribution in [-0.4, -0.2) is 40.6 Å². The average Bonchev–Trinajstić information content (AvgIpc) is 2.12. The SMILES string of the molecule is CCN(CCC(=O)O)C(=O)NC(C)(C)CC(C)(C)C. The van der Waals surface area contributed by atoms with Gasteiger partial charge in [-0.25, -0.2) is 4.79 Å². The van der Waals surface area contributed by atoms with Crippen LogP contribution in [0.1, 0.15) is 54.4 Å². The van der Waals surface area contributed by atoms with Gasteiger partial charge < -0.3 is 15.3 Å². The van der Waals surface area contributed by atoms with Gasteiger partial charge in [-0.05, 0) is 32.6 Å². The van der Waals surface area contributed by atoms with Crippen LogP contribution in [0.3, 0.4) is 0 Å². The predicted octanol–water partition coefficient (Wildman–Crippen LogP) is 2.71. The van der Waals surface area contributed by atoms with Crippen LogP contribution >= 0.6 is 0 Å². The van der Waals surface area contributed by atoms with E-state index in [0.717, 1.165) is 6.42 Å². The van der Waals surface area contributed by atoms with Gasteiger partial charge >= 0.3 is 12.0 Å². The number of carboxylic acids is 1. The molecule has 0 aliphatic heterocycles. The first-order chi connectivity index (χ1) is 8.47. The maximum Gasteiger partial charge on any atom is 0.317 e. The summed E-state index contributed by atoms with van der Waals surface area (Å²) in [5.41, 5.74) is -0.194.